The second kappa shape index (κ2) is 26.0. The number of nitriles is 2. The first-order valence-electron chi connectivity index (χ1n) is 20.5. The zero-order chi connectivity index (χ0) is 48.6. The molecule has 8 rings (SSSR count). The second-order valence-electron chi connectivity index (χ2n) is 14.8. The maximum Gasteiger partial charge on any atom is 2.00 e. The van der Waals surface area contributed by atoms with E-state index in [4.69, 9.17) is 10.5 Å². The molecule has 0 bridgehead atoms. The van der Waals surface area contributed by atoms with Crippen molar-refractivity contribution in [1.29, 1.82) is 10.5 Å². The summed E-state index contributed by atoms with van der Waals surface area (Å²) in [5.41, 5.74) is 7.84. The number of halogens is 8. The van der Waals surface area contributed by atoms with Gasteiger partial charge in [0.15, 0.2) is 0 Å². The normalized spacial score (nSPS) is 10.7. The first-order valence-corrected chi connectivity index (χ1v) is 23.2. The first kappa shape index (κ1) is 55.7. The molecule has 0 N–H and O–H groups in total. The molecular formula is C52H46B2F8N2P2Pd. The van der Waals surface area contributed by atoms with Crippen molar-refractivity contribution < 1.29 is 54.9 Å². The Hall–Kier alpha value is -5.65. The van der Waals surface area contributed by atoms with E-state index in [9.17, 15) is 34.5 Å². The Bertz CT molecular complexity index is 2600. The molecule has 0 amide bonds. The van der Waals surface area contributed by atoms with Crippen LogP contribution in [0.2, 0.25) is 0 Å². The smallest absolute Gasteiger partial charge is 0.418 e. The van der Waals surface area contributed by atoms with Crippen molar-refractivity contribution in [3.8, 4) is 23.3 Å². The zero-order valence-corrected chi connectivity index (χ0v) is 40.8. The number of fused-ring (bicyclic) bond motifs is 2. The number of aryl methyl sites for hydroxylation is 4. The van der Waals surface area contributed by atoms with Crippen molar-refractivity contribution >= 4 is 83.7 Å². The molecule has 0 fully saturated rings. The van der Waals surface area contributed by atoms with Crippen molar-refractivity contribution in [2.45, 2.75) is 41.5 Å². The Labute approximate surface area is 404 Å². The van der Waals surface area contributed by atoms with Crippen molar-refractivity contribution in [3.05, 3.63) is 192 Å². The van der Waals surface area contributed by atoms with Gasteiger partial charge in [0.05, 0.1) is 12.1 Å². The molecule has 67 heavy (non-hydrogen) atoms. The van der Waals surface area contributed by atoms with Crippen molar-refractivity contribution in [2.75, 3.05) is 0 Å². The van der Waals surface area contributed by atoms with Crippen LogP contribution in [0.1, 0.15) is 36.1 Å². The molecule has 8 aromatic rings. The van der Waals surface area contributed by atoms with E-state index >= 15 is 0 Å². The van der Waals surface area contributed by atoms with Crippen LogP contribution in [0.4, 0.5) is 34.5 Å². The summed E-state index contributed by atoms with van der Waals surface area (Å²) in [6, 6.07) is 68.1. The summed E-state index contributed by atoms with van der Waals surface area (Å²) in [4.78, 5) is 0. The van der Waals surface area contributed by atoms with E-state index in [0.29, 0.717) is 0 Å². The van der Waals surface area contributed by atoms with Gasteiger partial charge in [-0.3, -0.25) is 0 Å². The Kier molecular flexibility index (Phi) is 21.6. The average molecular weight is 1040 g/mol. The average Bonchev–Trinajstić information content (AvgIpc) is 3.26. The summed E-state index contributed by atoms with van der Waals surface area (Å²) in [5.74, 6) is 0. The molecule has 0 aliphatic carbocycles. The maximum absolute atomic E-state index is 9.75. The molecule has 0 saturated carbocycles. The van der Waals surface area contributed by atoms with Gasteiger partial charge in [0.25, 0.3) is 0 Å². The third-order valence-corrected chi connectivity index (χ3v) is 14.7. The minimum atomic E-state index is -6.00. The van der Waals surface area contributed by atoms with E-state index in [0.717, 1.165) is 0 Å². The van der Waals surface area contributed by atoms with E-state index in [1.165, 1.54) is 101 Å². The van der Waals surface area contributed by atoms with Gasteiger partial charge < -0.3 is 34.5 Å². The monoisotopic (exact) mass is 1040 g/mol. The summed E-state index contributed by atoms with van der Waals surface area (Å²) in [5, 5.41) is 28.0. The Morgan fingerprint density at radius 3 is 0.791 bits per heavy atom. The van der Waals surface area contributed by atoms with Crippen LogP contribution in [-0.4, -0.2) is 14.5 Å². The molecule has 0 radical (unpaired) electrons. The molecule has 0 saturated heterocycles. The van der Waals surface area contributed by atoms with Crippen LogP contribution in [0.15, 0.2) is 170 Å². The molecule has 8 aromatic carbocycles. The quantitative estimate of drug-likeness (QED) is 0.0907. The van der Waals surface area contributed by atoms with Crippen molar-refractivity contribution in [2.24, 2.45) is 0 Å². The van der Waals surface area contributed by atoms with E-state index in [-0.39, 0.29) is 20.4 Å². The molecule has 0 heterocycles. The molecule has 0 unspecified atom stereocenters. The van der Waals surface area contributed by atoms with Crippen LogP contribution in [-0.2, 0) is 20.4 Å². The van der Waals surface area contributed by atoms with Gasteiger partial charge in [-0.1, -0.05) is 192 Å². The number of hydrogen-bond donors (Lipinski definition) is 0. The fraction of sp³-hybridized carbons (Fsp3) is 0.115. The third-order valence-electron chi connectivity index (χ3n) is 9.71. The van der Waals surface area contributed by atoms with Gasteiger partial charge in [0, 0.05) is 13.8 Å². The third kappa shape index (κ3) is 16.9. The standard InChI is InChI=1S/C48H40P2.2C2H3N.2BF4.Pd/c1-33-13-23-39(24-14-33)49(40-25-15-34(2)16-26-40)45-31-21-37-9-5-7-11-43(37)47(45)48-44-12-8-6-10-38(44)22-32-46(48)50(41-27-17-35(3)18-28-41)42-29-19-36(4)20-30-42;2*1-2-3;2*2-1(3,4)5;/h5-32H,1-4H3;2*1H3;;;/q;;;2*-1;+2. The molecule has 0 aliphatic heterocycles. The van der Waals surface area contributed by atoms with Crippen LogP contribution in [0.3, 0.4) is 0 Å². The van der Waals surface area contributed by atoms with Crippen LogP contribution < -0.4 is 31.8 Å². The fourth-order valence-corrected chi connectivity index (χ4v) is 11.9. The maximum atomic E-state index is 9.75. The van der Waals surface area contributed by atoms with Crippen LogP contribution >= 0.6 is 15.8 Å². The van der Waals surface area contributed by atoms with Gasteiger partial charge >= 0.3 is 34.9 Å². The van der Waals surface area contributed by atoms with E-state index in [2.05, 4.69) is 198 Å². The predicted octanol–water partition coefficient (Wildman–Crippen LogP) is 14.1. The van der Waals surface area contributed by atoms with Gasteiger partial charge in [0.1, 0.15) is 0 Å². The topological polar surface area (TPSA) is 47.6 Å². The number of nitrogens with zero attached hydrogens (tertiary/aromatic N) is 2. The largest absolute Gasteiger partial charge is 2.00 e. The molecule has 15 heteroatoms. The molecule has 0 atom stereocenters. The molecule has 0 aromatic heterocycles. The summed E-state index contributed by atoms with van der Waals surface area (Å²) >= 11 is 0. The van der Waals surface area contributed by atoms with Gasteiger partial charge in [-0.25, -0.2) is 0 Å². The zero-order valence-electron chi connectivity index (χ0n) is 37.4. The second-order valence-corrected chi connectivity index (χ2v) is 19.2. The number of rotatable bonds is 7. The minimum Gasteiger partial charge on any atom is -0.418 e. The Morgan fingerprint density at radius 2 is 0.567 bits per heavy atom. The number of hydrogen-bond acceptors (Lipinski definition) is 2. The Balaban J connectivity index is 0.000000611. The summed E-state index contributed by atoms with van der Waals surface area (Å²) in [6.07, 6.45) is 0. The molecule has 2 nitrogen and oxygen atoms in total. The van der Waals surface area contributed by atoms with E-state index in [1.807, 2.05) is 0 Å². The van der Waals surface area contributed by atoms with Crippen molar-refractivity contribution in [3.63, 3.8) is 0 Å². The Morgan fingerprint density at radius 1 is 0.358 bits per heavy atom. The van der Waals surface area contributed by atoms with Crippen molar-refractivity contribution in [1.82, 2.24) is 0 Å². The molecule has 0 aliphatic rings. The molecule has 0 spiro atoms. The first-order chi connectivity index (χ1) is 31.3. The molecule has 346 valence electrons. The van der Waals surface area contributed by atoms with Crippen LogP contribution in [0, 0.1) is 50.4 Å². The summed E-state index contributed by atoms with van der Waals surface area (Å²) in [7, 11) is -13.8. The summed E-state index contributed by atoms with van der Waals surface area (Å²) < 4.78 is 78.0. The fourth-order valence-electron chi connectivity index (χ4n) is 7.05. The minimum absolute atomic E-state index is 0. The van der Waals surface area contributed by atoms with E-state index in [1.54, 1.807) is 12.1 Å². The van der Waals surface area contributed by atoms with E-state index < -0.39 is 30.4 Å². The van der Waals surface area contributed by atoms with Gasteiger partial charge in [0.2, 0.25) is 0 Å². The summed E-state index contributed by atoms with van der Waals surface area (Å²) in [6.45, 7) is 11.6. The number of benzene rings is 8. The SMILES string of the molecule is CC#N.CC#N.Cc1ccc(P(c2ccc(C)cc2)c2ccc3ccccc3c2-c2c(P(c3ccc(C)cc3)c3ccc(C)cc3)ccc3ccccc23)cc1.F[B-](F)(F)F.F[B-](F)(F)F.[Pd+2]. The van der Waals surface area contributed by atoms with Gasteiger partial charge in [-0.2, -0.15) is 10.5 Å². The predicted molar refractivity (Wildman–Crippen MR) is 266 cm³/mol. The van der Waals surface area contributed by atoms with Gasteiger partial charge in [-0.05, 0) is 108 Å². The van der Waals surface area contributed by atoms with Crippen LogP contribution in [0.5, 0.6) is 0 Å². The van der Waals surface area contributed by atoms with Gasteiger partial charge in [-0.15, -0.1) is 0 Å². The van der Waals surface area contributed by atoms with Crippen LogP contribution in [0.25, 0.3) is 32.7 Å². The molecular weight excluding hydrogens is 995 g/mol.